The maximum Gasteiger partial charge on any atom is 0.0110 e. The summed E-state index contributed by atoms with van der Waals surface area (Å²) in [5.74, 6) is 1.08. The fourth-order valence-corrected chi connectivity index (χ4v) is 2.44. The number of hydrogen-bond acceptors (Lipinski definition) is 3. The van der Waals surface area contributed by atoms with Crippen molar-refractivity contribution < 1.29 is 0 Å². The van der Waals surface area contributed by atoms with Crippen LogP contribution in [0.15, 0.2) is 0 Å². The van der Waals surface area contributed by atoms with Crippen LogP contribution in [-0.2, 0) is 0 Å². The SMILES string of the molecule is CN1CCN(CC2(CS)CC2)CC1. The second-order valence-corrected chi connectivity index (χ2v) is 5.05. The van der Waals surface area contributed by atoms with Gasteiger partial charge in [-0.3, -0.25) is 0 Å². The molecule has 2 rings (SSSR count). The highest BCUT2D eigenvalue weighted by Crippen LogP contribution is 2.47. The van der Waals surface area contributed by atoms with Crippen LogP contribution < -0.4 is 0 Å². The monoisotopic (exact) mass is 200 g/mol. The molecule has 0 radical (unpaired) electrons. The summed E-state index contributed by atoms with van der Waals surface area (Å²) in [5.41, 5.74) is 0.610. The fourth-order valence-electron chi connectivity index (χ4n) is 2.02. The Morgan fingerprint density at radius 2 is 1.77 bits per heavy atom. The van der Waals surface area contributed by atoms with E-state index in [2.05, 4.69) is 29.5 Å². The number of rotatable bonds is 3. The molecule has 0 aromatic rings. The Labute approximate surface area is 86.7 Å². The van der Waals surface area contributed by atoms with Crippen molar-refractivity contribution in [2.75, 3.05) is 45.5 Å². The van der Waals surface area contributed by atoms with Crippen LogP contribution in [0.4, 0.5) is 0 Å². The molecule has 0 aromatic carbocycles. The molecule has 0 unspecified atom stereocenters. The van der Waals surface area contributed by atoms with Crippen molar-refractivity contribution in [1.82, 2.24) is 9.80 Å². The molecule has 0 amide bonds. The van der Waals surface area contributed by atoms with Gasteiger partial charge in [-0.1, -0.05) is 0 Å². The molecular formula is C10H20N2S. The van der Waals surface area contributed by atoms with Gasteiger partial charge in [0.1, 0.15) is 0 Å². The third-order valence-electron chi connectivity index (χ3n) is 3.45. The van der Waals surface area contributed by atoms with Crippen LogP contribution in [0.25, 0.3) is 0 Å². The van der Waals surface area contributed by atoms with Gasteiger partial charge in [0.15, 0.2) is 0 Å². The highest BCUT2D eigenvalue weighted by Gasteiger charge is 2.42. The van der Waals surface area contributed by atoms with E-state index in [1.165, 1.54) is 45.6 Å². The molecule has 1 heterocycles. The van der Waals surface area contributed by atoms with E-state index in [1.807, 2.05) is 0 Å². The molecule has 0 spiro atoms. The summed E-state index contributed by atoms with van der Waals surface area (Å²) < 4.78 is 0. The lowest BCUT2D eigenvalue weighted by molar-refractivity contribution is 0.135. The standard InChI is InChI=1S/C10H20N2S/c1-11-4-6-12(7-5-11)8-10(9-13)2-3-10/h13H,2-9H2,1H3. The summed E-state index contributed by atoms with van der Waals surface area (Å²) in [6.45, 7) is 6.29. The zero-order valence-electron chi connectivity index (χ0n) is 8.50. The molecule has 2 aliphatic rings. The summed E-state index contributed by atoms with van der Waals surface area (Å²) in [6, 6.07) is 0. The van der Waals surface area contributed by atoms with Crippen LogP contribution in [0.1, 0.15) is 12.8 Å². The molecular weight excluding hydrogens is 180 g/mol. The van der Waals surface area contributed by atoms with Gasteiger partial charge in [-0.05, 0) is 31.1 Å². The van der Waals surface area contributed by atoms with E-state index < -0.39 is 0 Å². The van der Waals surface area contributed by atoms with Crippen LogP contribution in [-0.4, -0.2) is 55.3 Å². The molecule has 13 heavy (non-hydrogen) atoms. The Morgan fingerprint density at radius 3 is 2.23 bits per heavy atom. The Balaban J connectivity index is 1.76. The molecule has 1 aliphatic heterocycles. The van der Waals surface area contributed by atoms with Gasteiger partial charge in [0.25, 0.3) is 0 Å². The first kappa shape index (κ1) is 9.81. The fraction of sp³-hybridized carbons (Fsp3) is 1.00. The number of nitrogens with zero attached hydrogens (tertiary/aromatic N) is 2. The van der Waals surface area contributed by atoms with Crippen molar-refractivity contribution in [2.45, 2.75) is 12.8 Å². The van der Waals surface area contributed by atoms with E-state index in [-0.39, 0.29) is 0 Å². The minimum atomic E-state index is 0.610. The van der Waals surface area contributed by atoms with Gasteiger partial charge in [0.2, 0.25) is 0 Å². The lowest BCUT2D eigenvalue weighted by Crippen LogP contribution is -2.46. The minimum Gasteiger partial charge on any atom is -0.304 e. The molecule has 0 aromatic heterocycles. The maximum absolute atomic E-state index is 4.44. The molecule has 1 saturated carbocycles. The van der Waals surface area contributed by atoms with Gasteiger partial charge < -0.3 is 9.80 Å². The van der Waals surface area contributed by atoms with E-state index in [0.29, 0.717) is 5.41 Å². The normalized spacial score (nSPS) is 29.1. The van der Waals surface area contributed by atoms with Crippen molar-refractivity contribution in [3.63, 3.8) is 0 Å². The number of piperazine rings is 1. The molecule has 0 N–H and O–H groups in total. The van der Waals surface area contributed by atoms with E-state index in [1.54, 1.807) is 0 Å². The second kappa shape index (κ2) is 3.79. The first-order chi connectivity index (χ1) is 6.24. The zero-order valence-corrected chi connectivity index (χ0v) is 9.39. The Bertz CT molecular complexity index is 172. The van der Waals surface area contributed by atoms with Gasteiger partial charge in [0.05, 0.1) is 0 Å². The number of thiol groups is 1. The van der Waals surface area contributed by atoms with Gasteiger partial charge in [-0.25, -0.2) is 0 Å². The molecule has 1 saturated heterocycles. The molecule has 0 atom stereocenters. The highest BCUT2D eigenvalue weighted by molar-refractivity contribution is 7.80. The first-order valence-electron chi connectivity index (χ1n) is 5.26. The predicted molar refractivity (Wildman–Crippen MR) is 59.5 cm³/mol. The summed E-state index contributed by atoms with van der Waals surface area (Å²) >= 11 is 4.44. The van der Waals surface area contributed by atoms with Crippen molar-refractivity contribution in [3.8, 4) is 0 Å². The van der Waals surface area contributed by atoms with Gasteiger partial charge in [0, 0.05) is 32.7 Å². The Morgan fingerprint density at radius 1 is 1.15 bits per heavy atom. The average Bonchev–Trinajstić information content (AvgIpc) is 2.90. The second-order valence-electron chi connectivity index (χ2n) is 4.74. The van der Waals surface area contributed by atoms with Gasteiger partial charge in [-0.15, -0.1) is 0 Å². The van der Waals surface area contributed by atoms with E-state index in [9.17, 15) is 0 Å². The lowest BCUT2D eigenvalue weighted by Gasteiger charge is -2.34. The van der Waals surface area contributed by atoms with E-state index in [4.69, 9.17) is 0 Å². The minimum absolute atomic E-state index is 0.610. The highest BCUT2D eigenvalue weighted by atomic mass is 32.1. The molecule has 3 heteroatoms. The Kier molecular flexibility index (Phi) is 2.86. The summed E-state index contributed by atoms with van der Waals surface area (Å²) in [5, 5.41) is 0. The van der Waals surface area contributed by atoms with Crippen LogP contribution in [0.2, 0.25) is 0 Å². The smallest absolute Gasteiger partial charge is 0.0110 e. The van der Waals surface area contributed by atoms with E-state index in [0.717, 1.165) is 5.75 Å². The zero-order chi connectivity index (χ0) is 9.31. The van der Waals surface area contributed by atoms with Crippen molar-refractivity contribution in [3.05, 3.63) is 0 Å². The summed E-state index contributed by atoms with van der Waals surface area (Å²) in [6.07, 6.45) is 2.81. The molecule has 2 fully saturated rings. The van der Waals surface area contributed by atoms with Crippen molar-refractivity contribution in [1.29, 1.82) is 0 Å². The van der Waals surface area contributed by atoms with Crippen molar-refractivity contribution in [2.24, 2.45) is 5.41 Å². The predicted octanol–water partition coefficient (Wildman–Crippen LogP) is 0.944. The lowest BCUT2D eigenvalue weighted by atomic mass is 10.1. The molecule has 2 nitrogen and oxygen atoms in total. The topological polar surface area (TPSA) is 6.48 Å². The third-order valence-corrected chi connectivity index (χ3v) is 4.12. The first-order valence-corrected chi connectivity index (χ1v) is 5.89. The summed E-state index contributed by atoms with van der Waals surface area (Å²) in [7, 11) is 2.21. The van der Waals surface area contributed by atoms with Crippen LogP contribution >= 0.6 is 12.6 Å². The maximum atomic E-state index is 4.44. The van der Waals surface area contributed by atoms with Crippen molar-refractivity contribution >= 4 is 12.6 Å². The molecule has 76 valence electrons. The third kappa shape index (κ3) is 2.39. The van der Waals surface area contributed by atoms with Crippen LogP contribution in [0.5, 0.6) is 0 Å². The number of hydrogen-bond donors (Lipinski definition) is 1. The van der Waals surface area contributed by atoms with Gasteiger partial charge >= 0.3 is 0 Å². The Hall–Kier alpha value is 0.270. The number of likely N-dealkylation sites (N-methyl/N-ethyl adjacent to an activating group) is 1. The molecule has 0 bridgehead atoms. The summed E-state index contributed by atoms with van der Waals surface area (Å²) in [4.78, 5) is 5.03. The largest absolute Gasteiger partial charge is 0.304 e. The van der Waals surface area contributed by atoms with E-state index >= 15 is 0 Å². The molecule has 1 aliphatic carbocycles. The van der Waals surface area contributed by atoms with Gasteiger partial charge in [-0.2, -0.15) is 12.6 Å². The quantitative estimate of drug-likeness (QED) is 0.678. The van der Waals surface area contributed by atoms with Crippen LogP contribution in [0.3, 0.4) is 0 Å². The average molecular weight is 200 g/mol. The van der Waals surface area contributed by atoms with Crippen LogP contribution in [0, 0.1) is 5.41 Å².